The Morgan fingerprint density at radius 1 is 1.23 bits per heavy atom. The molecule has 0 atom stereocenters. The Bertz CT molecular complexity index is 1100. The lowest BCUT2D eigenvalue weighted by Gasteiger charge is -2.29. The summed E-state index contributed by atoms with van der Waals surface area (Å²) in [5, 5.41) is 22.0. The number of H-pyrrole nitrogens is 1. The van der Waals surface area contributed by atoms with Crippen LogP contribution in [0, 0.1) is 24.2 Å². The predicted octanol–water partition coefficient (Wildman–Crippen LogP) is 3.60. The number of piperidine rings is 1. The molecular formula is C22H25N7O. The second-order valence-electron chi connectivity index (χ2n) is 7.99. The zero-order valence-corrected chi connectivity index (χ0v) is 17.5. The monoisotopic (exact) mass is 403 g/mol. The molecular weight excluding hydrogens is 378 g/mol. The summed E-state index contributed by atoms with van der Waals surface area (Å²) in [5.74, 6) is 1.40. The van der Waals surface area contributed by atoms with E-state index in [2.05, 4.69) is 35.1 Å². The minimum absolute atomic E-state index is 0.0270. The number of amides is 1. The second kappa shape index (κ2) is 8.11. The number of carbonyl (C=O) groups excluding carboxylic acids is 1. The zero-order chi connectivity index (χ0) is 21.3. The van der Waals surface area contributed by atoms with Crippen LogP contribution in [-0.4, -0.2) is 48.9 Å². The van der Waals surface area contributed by atoms with Crippen molar-refractivity contribution in [3.63, 3.8) is 0 Å². The molecule has 1 aromatic carbocycles. The van der Waals surface area contributed by atoms with Gasteiger partial charge >= 0.3 is 0 Å². The molecule has 1 fully saturated rings. The number of nitrogens with zero attached hydrogens (tertiary/aromatic N) is 6. The van der Waals surface area contributed by atoms with Crippen LogP contribution in [0.1, 0.15) is 48.9 Å². The second-order valence-corrected chi connectivity index (χ2v) is 7.99. The summed E-state index contributed by atoms with van der Waals surface area (Å²) < 4.78 is 1.88. The third-order valence-electron chi connectivity index (χ3n) is 5.50. The molecule has 0 saturated carbocycles. The van der Waals surface area contributed by atoms with Gasteiger partial charge in [0.25, 0.3) is 5.91 Å². The van der Waals surface area contributed by atoms with Gasteiger partial charge in [0.2, 0.25) is 0 Å². The van der Waals surface area contributed by atoms with Crippen LogP contribution in [-0.2, 0) is 0 Å². The maximum absolute atomic E-state index is 13.4. The molecule has 8 nitrogen and oxygen atoms in total. The van der Waals surface area contributed by atoms with Gasteiger partial charge in [0.05, 0.1) is 11.8 Å². The van der Waals surface area contributed by atoms with E-state index in [4.69, 9.17) is 10.4 Å². The smallest absolute Gasteiger partial charge is 0.254 e. The summed E-state index contributed by atoms with van der Waals surface area (Å²) in [4.78, 5) is 18.3. The molecule has 0 bridgehead atoms. The molecule has 30 heavy (non-hydrogen) atoms. The van der Waals surface area contributed by atoms with Gasteiger partial charge in [0.1, 0.15) is 5.82 Å². The van der Waals surface area contributed by atoms with Crippen LogP contribution in [0.25, 0.3) is 22.6 Å². The van der Waals surface area contributed by atoms with Gasteiger partial charge in [-0.25, -0.2) is 0 Å². The number of aryl methyl sites for hydroxylation is 1. The van der Waals surface area contributed by atoms with Crippen molar-refractivity contribution in [3.8, 4) is 28.7 Å². The summed E-state index contributed by atoms with van der Waals surface area (Å²) in [6.07, 6.45) is 3.36. The van der Waals surface area contributed by atoms with Gasteiger partial charge in [-0.3, -0.25) is 9.48 Å². The third kappa shape index (κ3) is 3.83. The first-order valence-corrected chi connectivity index (χ1v) is 10.2. The van der Waals surface area contributed by atoms with Gasteiger partial charge in [-0.15, -0.1) is 10.2 Å². The molecule has 3 heterocycles. The minimum atomic E-state index is -0.0270. The van der Waals surface area contributed by atoms with E-state index in [9.17, 15) is 4.79 Å². The van der Waals surface area contributed by atoms with Crippen molar-refractivity contribution < 1.29 is 4.79 Å². The molecule has 3 aromatic rings. The topological polar surface area (TPSA) is 103 Å². The van der Waals surface area contributed by atoms with Gasteiger partial charge in [-0.1, -0.05) is 6.07 Å². The van der Waals surface area contributed by atoms with Crippen molar-refractivity contribution in [2.45, 2.75) is 39.7 Å². The SMILES string of the molecule is Cc1nnc(-c2ccc(C(=O)N3CCC(C#N)CC3)c(-c3ccn(C(C)C)n3)c2)[nH]1. The van der Waals surface area contributed by atoms with Crippen LogP contribution in [0.15, 0.2) is 30.5 Å². The minimum Gasteiger partial charge on any atom is -0.339 e. The maximum Gasteiger partial charge on any atom is 0.254 e. The lowest BCUT2D eigenvalue weighted by molar-refractivity contribution is 0.0708. The fraction of sp³-hybridized carbons (Fsp3) is 0.409. The fourth-order valence-electron chi connectivity index (χ4n) is 3.72. The Morgan fingerprint density at radius 3 is 2.60 bits per heavy atom. The molecule has 2 aromatic heterocycles. The normalized spacial score (nSPS) is 14.8. The first-order chi connectivity index (χ1) is 14.5. The highest BCUT2D eigenvalue weighted by atomic mass is 16.2. The standard InChI is InChI=1S/C22H25N7O/c1-14(2)29-11-8-20(27-29)19-12-17(21-24-15(3)25-26-21)4-5-18(19)22(30)28-9-6-16(13-23)7-10-28/h4-5,8,11-12,14,16H,6-7,9-10H2,1-3H3,(H,24,25,26). The van der Waals surface area contributed by atoms with Crippen LogP contribution >= 0.6 is 0 Å². The molecule has 0 radical (unpaired) electrons. The Balaban J connectivity index is 1.73. The van der Waals surface area contributed by atoms with E-state index in [0.717, 1.165) is 35.5 Å². The zero-order valence-electron chi connectivity index (χ0n) is 17.5. The molecule has 154 valence electrons. The summed E-state index contributed by atoms with van der Waals surface area (Å²) in [7, 11) is 0. The number of carbonyl (C=O) groups is 1. The van der Waals surface area contributed by atoms with Crippen molar-refractivity contribution >= 4 is 5.91 Å². The summed E-state index contributed by atoms with van der Waals surface area (Å²) >= 11 is 0. The number of aromatic amines is 1. The van der Waals surface area contributed by atoms with E-state index in [1.165, 1.54) is 0 Å². The van der Waals surface area contributed by atoms with Crippen molar-refractivity contribution in [2.75, 3.05) is 13.1 Å². The first-order valence-electron chi connectivity index (χ1n) is 10.2. The number of benzene rings is 1. The van der Waals surface area contributed by atoms with Crippen molar-refractivity contribution in [1.82, 2.24) is 29.9 Å². The average Bonchev–Trinajstić information content (AvgIpc) is 3.42. The highest BCUT2D eigenvalue weighted by Gasteiger charge is 2.26. The largest absolute Gasteiger partial charge is 0.339 e. The molecule has 0 spiro atoms. The van der Waals surface area contributed by atoms with E-state index >= 15 is 0 Å². The Morgan fingerprint density at radius 2 is 2.00 bits per heavy atom. The van der Waals surface area contributed by atoms with E-state index in [-0.39, 0.29) is 17.9 Å². The molecule has 1 saturated heterocycles. The van der Waals surface area contributed by atoms with Gasteiger partial charge in [-0.2, -0.15) is 10.4 Å². The molecule has 1 amide bonds. The fourth-order valence-corrected chi connectivity index (χ4v) is 3.72. The van der Waals surface area contributed by atoms with Crippen molar-refractivity contribution in [3.05, 3.63) is 41.9 Å². The molecule has 0 unspecified atom stereocenters. The van der Waals surface area contributed by atoms with Gasteiger partial charge in [0, 0.05) is 47.9 Å². The van der Waals surface area contributed by atoms with E-state index in [1.54, 1.807) is 0 Å². The number of nitriles is 1. The van der Waals surface area contributed by atoms with Gasteiger partial charge in [-0.05, 0) is 51.8 Å². The highest BCUT2D eigenvalue weighted by Crippen LogP contribution is 2.30. The molecule has 0 aliphatic carbocycles. The molecule has 1 N–H and O–H groups in total. The van der Waals surface area contributed by atoms with Crippen molar-refractivity contribution in [2.24, 2.45) is 5.92 Å². The van der Waals surface area contributed by atoms with Gasteiger partial charge in [0.15, 0.2) is 5.82 Å². The van der Waals surface area contributed by atoms with E-state index in [0.29, 0.717) is 24.5 Å². The quantitative estimate of drug-likeness (QED) is 0.717. The Labute approximate surface area is 175 Å². The summed E-state index contributed by atoms with van der Waals surface area (Å²) in [5.41, 5.74) is 2.98. The molecule has 1 aliphatic heterocycles. The highest BCUT2D eigenvalue weighted by molar-refractivity contribution is 6.01. The number of hydrogen-bond acceptors (Lipinski definition) is 5. The van der Waals surface area contributed by atoms with Crippen LogP contribution in [0.2, 0.25) is 0 Å². The van der Waals surface area contributed by atoms with E-state index in [1.807, 2.05) is 47.0 Å². The average molecular weight is 403 g/mol. The lowest BCUT2D eigenvalue weighted by atomic mass is 9.96. The van der Waals surface area contributed by atoms with Crippen LogP contribution < -0.4 is 0 Å². The van der Waals surface area contributed by atoms with Crippen molar-refractivity contribution in [1.29, 1.82) is 5.26 Å². The molecule has 1 aliphatic rings. The number of rotatable bonds is 4. The van der Waals surface area contributed by atoms with Crippen LogP contribution in [0.5, 0.6) is 0 Å². The van der Waals surface area contributed by atoms with Crippen LogP contribution in [0.4, 0.5) is 0 Å². The molecule has 8 heteroatoms. The number of hydrogen-bond donors (Lipinski definition) is 1. The Kier molecular flexibility index (Phi) is 5.36. The summed E-state index contributed by atoms with van der Waals surface area (Å²) in [6.45, 7) is 7.18. The third-order valence-corrected chi connectivity index (χ3v) is 5.50. The first kappa shape index (κ1) is 19.8. The van der Waals surface area contributed by atoms with E-state index < -0.39 is 0 Å². The lowest BCUT2D eigenvalue weighted by Crippen LogP contribution is -2.38. The van der Waals surface area contributed by atoms with Gasteiger partial charge < -0.3 is 9.88 Å². The number of nitrogens with one attached hydrogen (secondary N) is 1. The Hall–Kier alpha value is -3.47. The maximum atomic E-state index is 13.4. The summed E-state index contributed by atoms with van der Waals surface area (Å²) in [6, 6.07) is 10.1. The number of aromatic nitrogens is 5. The molecule has 4 rings (SSSR count). The predicted molar refractivity (Wildman–Crippen MR) is 112 cm³/mol. The van der Waals surface area contributed by atoms with Crippen LogP contribution in [0.3, 0.4) is 0 Å². The number of likely N-dealkylation sites (tertiary alicyclic amines) is 1.